The maximum atomic E-state index is 15.2. The van der Waals surface area contributed by atoms with Gasteiger partial charge in [0.05, 0.1) is 31.0 Å². The Hall–Kier alpha value is -3.73. The summed E-state index contributed by atoms with van der Waals surface area (Å²) in [6.45, 7) is -0.521. The lowest BCUT2D eigenvalue weighted by Gasteiger charge is -2.29. The van der Waals surface area contributed by atoms with Crippen LogP contribution in [0.2, 0.25) is 5.28 Å². The Kier molecular flexibility index (Phi) is 7.90. The number of rotatable bonds is 11. The van der Waals surface area contributed by atoms with E-state index >= 15 is 4.39 Å². The number of anilines is 3. The summed E-state index contributed by atoms with van der Waals surface area (Å²) >= 11 is 5.82. The molecule has 2 heterocycles. The van der Waals surface area contributed by atoms with E-state index in [2.05, 4.69) is 15.3 Å². The molecule has 5 N–H and O–H groups in total. The summed E-state index contributed by atoms with van der Waals surface area (Å²) in [6.07, 6.45) is -3.55. The van der Waals surface area contributed by atoms with Crippen LogP contribution in [0.3, 0.4) is 0 Å². The summed E-state index contributed by atoms with van der Waals surface area (Å²) in [5, 5.41) is 31.1. The number of nitrogens with two attached hydrogens (primary N) is 1. The lowest BCUT2D eigenvalue weighted by atomic mass is 9.93. The molecule has 186 valence electrons. The number of aliphatic carboxylic acids is 2. The van der Waals surface area contributed by atoms with Crippen LogP contribution in [0.5, 0.6) is 0 Å². The number of hydrogen-bond donors (Lipinski definition) is 4. The van der Waals surface area contributed by atoms with Crippen molar-refractivity contribution in [1.29, 1.82) is 5.26 Å². The predicted octanol–water partition coefficient (Wildman–Crippen LogP) is 1.64. The molecular formula is C21H22ClFN6O6. The van der Waals surface area contributed by atoms with Crippen molar-refractivity contribution < 1.29 is 33.7 Å². The molecule has 0 amide bonds. The summed E-state index contributed by atoms with van der Waals surface area (Å²) in [5.41, 5.74) is 4.08. The number of nitrogen functional groups attached to an aromatic ring is 1. The topological polar surface area (TPSA) is 184 Å². The fraction of sp³-hybridized carbons (Fsp3) is 0.381. The Bertz CT molecular complexity index is 1130. The minimum atomic E-state index is -2.66. The van der Waals surface area contributed by atoms with E-state index in [1.54, 1.807) is 0 Å². The van der Waals surface area contributed by atoms with Gasteiger partial charge in [0.25, 0.3) is 5.60 Å². The van der Waals surface area contributed by atoms with Crippen molar-refractivity contribution in [1.82, 2.24) is 9.97 Å². The molecule has 0 saturated heterocycles. The predicted molar refractivity (Wildman–Crippen MR) is 122 cm³/mol. The van der Waals surface area contributed by atoms with Crippen LogP contribution in [0, 0.1) is 11.3 Å². The van der Waals surface area contributed by atoms with E-state index in [1.165, 1.54) is 36.3 Å². The second-order valence-corrected chi connectivity index (χ2v) is 7.98. The quantitative estimate of drug-likeness (QED) is 0.196. The van der Waals surface area contributed by atoms with Crippen molar-refractivity contribution in [3.8, 4) is 6.07 Å². The highest BCUT2D eigenvalue weighted by Crippen LogP contribution is 2.36. The standard InChI is InChI=1S/C21H22ClFN6O6/c1-34-13(6-14(23)29-10-26-15-16(25)27-20(22)28-17(15)29)9-35-21(18(30)31,19(32)33)7-11-2-4-12(8-24)5-3-11/h2-5,13-14,26H,6-7,9-10H2,1H3,(H,30,31)(H,32,33)(H2,25,27,28). The monoisotopic (exact) mass is 508 g/mol. The third-order valence-corrected chi connectivity index (χ3v) is 5.63. The van der Waals surface area contributed by atoms with Crippen LogP contribution >= 0.6 is 11.6 Å². The number of carboxylic acids is 2. The van der Waals surface area contributed by atoms with Gasteiger partial charge in [-0.1, -0.05) is 12.1 Å². The molecule has 1 aromatic carbocycles. The molecule has 2 aromatic rings. The van der Waals surface area contributed by atoms with Crippen LogP contribution in [-0.4, -0.2) is 70.5 Å². The van der Waals surface area contributed by atoms with E-state index in [9.17, 15) is 19.8 Å². The maximum absolute atomic E-state index is 15.2. The van der Waals surface area contributed by atoms with Crippen molar-refractivity contribution in [2.24, 2.45) is 0 Å². The van der Waals surface area contributed by atoms with Gasteiger partial charge in [0.2, 0.25) is 5.28 Å². The normalized spacial score (nSPS) is 14.5. The van der Waals surface area contributed by atoms with Gasteiger partial charge in [-0.25, -0.2) is 14.0 Å². The molecule has 0 bridgehead atoms. The highest BCUT2D eigenvalue weighted by molar-refractivity contribution is 6.28. The molecule has 2 atom stereocenters. The molecule has 0 aliphatic carbocycles. The van der Waals surface area contributed by atoms with Crippen molar-refractivity contribution in [3.63, 3.8) is 0 Å². The molecule has 3 rings (SSSR count). The number of benzene rings is 1. The number of methoxy groups -OCH3 is 1. The zero-order valence-corrected chi connectivity index (χ0v) is 19.2. The number of ether oxygens (including phenoxy) is 2. The van der Waals surface area contributed by atoms with Crippen LogP contribution in [0.25, 0.3) is 0 Å². The fourth-order valence-electron chi connectivity index (χ4n) is 3.50. The second-order valence-electron chi connectivity index (χ2n) is 7.64. The minimum Gasteiger partial charge on any atom is -0.479 e. The lowest BCUT2D eigenvalue weighted by molar-refractivity contribution is -0.187. The second kappa shape index (κ2) is 10.7. The first-order valence-corrected chi connectivity index (χ1v) is 10.6. The lowest BCUT2D eigenvalue weighted by Crippen LogP contribution is -2.52. The fourth-order valence-corrected chi connectivity index (χ4v) is 3.67. The Morgan fingerprint density at radius 1 is 1.34 bits per heavy atom. The number of nitriles is 1. The van der Waals surface area contributed by atoms with Crippen molar-refractivity contribution in [2.45, 2.75) is 30.8 Å². The molecule has 0 saturated carbocycles. The Labute approximate surface area is 204 Å². The number of carboxylic acid groups (broad SMARTS) is 2. The first-order chi connectivity index (χ1) is 16.6. The number of nitrogens with one attached hydrogen (secondary N) is 1. The van der Waals surface area contributed by atoms with Gasteiger partial charge in [0, 0.05) is 20.0 Å². The van der Waals surface area contributed by atoms with Gasteiger partial charge >= 0.3 is 11.9 Å². The SMILES string of the molecule is COC(COC(Cc1ccc(C#N)cc1)(C(=O)O)C(=O)O)CC(F)N1CNc2c(N)nc(Cl)nc21. The van der Waals surface area contributed by atoms with Crippen molar-refractivity contribution in [3.05, 3.63) is 40.7 Å². The molecule has 1 aliphatic rings. The third-order valence-electron chi connectivity index (χ3n) is 5.46. The Morgan fingerprint density at radius 3 is 2.57 bits per heavy atom. The summed E-state index contributed by atoms with van der Waals surface area (Å²) in [6, 6.07) is 7.65. The molecule has 35 heavy (non-hydrogen) atoms. The molecule has 14 heteroatoms. The van der Waals surface area contributed by atoms with E-state index in [0.29, 0.717) is 16.8 Å². The van der Waals surface area contributed by atoms with Gasteiger partial charge in [0.1, 0.15) is 5.69 Å². The van der Waals surface area contributed by atoms with Gasteiger partial charge in [0.15, 0.2) is 17.9 Å². The largest absolute Gasteiger partial charge is 0.479 e. The van der Waals surface area contributed by atoms with Crippen LogP contribution in [0.15, 0.2) is 24.3 Å². The summed E-state index contributed by atoms with van der Waals surface area (Å²) in [5.74, 6) is -3.27. The molecule has 1 aliphatic heterocycles. The van der Waals surface area contributed by atoms with E-state index in [4.69, 9.17) is 32.1 Å². The number of nitrogens with zero attached hydrogens (tertiary/aromatic N) is 4. The van der Waals surface area contributed by atoms with Crippen LogP contribution in [0.1, 0.15) is 17.5 Å². The van der Waals surface area contributed by atoms with Gasteiger partial charge in [-0.15, -0.1) is 0 Å². The summed E-state index contributed by atoms with van der Waals surface area (Å²) < 4.78 is 25.8. The summed E-state index contributed by atoms with van der Waals surface area (Å²) in [4.78, 5) is 33.0. The van der Waals surface area contributed by atoms with E-state index in [0.717, 1.165) is 0 Å². The zero-order valence-electron chi connectivity index (χ0n) is 18.4. The molecule has 0 spiro atoms. The van der Waals surface area contributed by atoms with Gasteiger partial charge in [-0.3, -0.25) is 0 Å². The van der Waals surface area contributed by atoms with Gasteiger partial charge in [-0.2, -0.15) is 15.2 Å². The zero-order chi connectivity index (χ0) is 25.8. The molecule has 0 radical (unpaired) electrons. The summed E-state index contributed by atoms with van der Waals surface area (Å²) in [7, 11) is 1.26. The number of carbonyl (C=O) groups is 2. The van der Waals surface area contributed by atoms with E-state index < -0.39 is 43.0 Å². The number of halogens is 2. The van der Waals surface area contributed by atoms with Crippen molar-refractivity contribution >= 4 is 40.9 Å². The van der Waals surface area contributed by atoms with E-state index in [1.807, 2.05) is 6.07 Å². The van der Waals surface area contributed by atoms with Crippen LogP contribution in [-0.2, 0) is 25.5 Å². The highest BCUT2D eigenvalue weighted by atomic mass is 35.5. The molecular weight excluding hydrogens is 487 g/mol. The minimum absolute atomic E-state index is 0.0138. The Morgan fingerprint density at radius 2 is 2.00 bits per heavy atom. The average Bonchev–Trinajstić information content (AvgIpc) is 3.25. The number of fused-ring (bicyclic) bond motifs is 1. The number of alkyl halides is 1. The molecule has 2 unspecified atom stereocenters. The number of hydrogen-bond acceptors (Lipinski definition) is 10. The van der Waals surface area contributed by atoms with Crippen LogP contribution < -0.4 is 16.0 Å². The highest BCUT2D eigenvalue weighted by Gasteiger charge is 2.49. The first kappa shape index (κ1) is 25.9. The first-order valence-electron chi connectivity index (χ1n) is 10.2. The molecule has 0 fully saturated rings. The Balaban J connectivity index is 1.73. The average molecular weight is 509 g/mol. The third kappa shape index (κ3) is 5.51. The van der Waals surface area contributed by atoms with Gasteiger partial charge < -0.3 is 35.6 Å². The maximum Gasteiger partial charge on any atom is 0.348 e. The number of aromatic nitrogens is 2. The molecule has 12 nitrogen and oxygen atoms in total. The van der Waals surface area contributed by atoms with Crippen molar-refractivity contribution in [2.75, 3.05) is 36.3 Å². The smallest absolute Gasteiger partial charge is 0.348 e. The van der Waals surface area contributed by atoms with E-state index in [-0.39, 0.29) is 30.0 Å². The van der Waals surface area contributed by atoms with Crippen LogP contribution in [0.4, 0.5) is 21.7 Å². The van der Waals surface area contributed by atoms with Gasteiger partial charge in [-0.05, 0) is 29.3 Å². The molecule has 1 aromatic heterocycles.